The summed E-state index contributed by atoms with van der Waals surface area (Å²) in [6.45, 7) is 2.68. The lowest BCUT2D eigenvalue weighted by Crippen LogP contribution is -2.45. The Morgan fingerprint density at radius 3 is 2.71 bits per heavy atom. The molecule has 21 heavy (non-hydrogen) atoms. The molecule has 1 aliphatic carbocycles. The molecule has 1 amide bonds. The van der Waals surface area contributed by atoms with Crippen LogP contribution in [0.5, 0.6) is 0 Å². The number of amides is 1. The predicted octanol–water partition coefficient (Wildman–Crippen LogP) is 1.70. The molecule has 1 heterocycles. The molecule has 5 heteroatoms. The zero-order valence-electron chi connectivity index (χ0n) is 12.1. The van der Waals surface area contributed by atoms with Gasteiger partial charge in [0.25, 0.3) is 0 Å². The van der Waals surface area contributed by atoms with Crippen molar-refractivity contribution in [1.29, 1.82) is 0 Å². The molecule has 1 atom stereocenters. The first-order valence-corrected chi connectivity index (χ1v) is 7.57. The number of rotatable bonds is 5. The van der Waals surface area contributed by atoms with Gasteiger partial charge in [-0.2, -0.15) is 0 Å². The van der Waals surface area contributed by atoms with Crippen molar-refractivity contribution in [2.24, 2.45) is 0 Å². The summed E-state index contributed by atoms with van der Waals surface area (Å²) in [6.07, 6.45) is 2.61. The third-order valence-corrected chi connectivity index (χ3v) is 3.99. The van der Waals surface area contributed by atoms with Gasteiger partial charge in [0.05, 0.1) is 13.2 Å². The highest BCUT2D eigenvalue weighted by Gasteiger charge is 2.33. The molecule has 0 bridgehead atoms. The van der Waals surface area contributed by atoms with E-state index in [0.29, 0.717) is 32.2 Å². The minimum Gasteiger partial charge on any atom is -0.378 e. The number of nitrogens with one attached hydrogen (secondary N) is 1. The quantitative estimate of drug-likeness (QED) is 0.898. The van der Waals surface area contributed by atoms with Gasteiger partial charge in [0.15, 0.2) is 0 Å². The lowest BCUT2D eigenvalue weighted by atomic mass is 10.1. The smallest absolute Gasteiger partial charge is 0.224 e. The van der Waals surface area contributed by atoms with Crippen molar-refractivity contribution in [3.05, 3.63) is 35.6 Å². The second kappa shape index (κ2) is 6.54. The Hall–Kier alpha value is -1.46. The summed E-state index contributed by atoms with van der Waals surface area (Å²) >= 11 is 0. The van der Waals surface area contributed by atoms with Gasteiger partial charge >= 0.3 is 0 Å². The lowest BCUT2D eigenvalue weighted by Gasteiger charge is -2.28. The van der Waals surface area contributed by atoms with Gasteiger partial charge in [0.1, 0.15) is 5.82 Å². The van der Waals surface area contributed by atoms with Crippen LogP contribution in [0.15, 0.2) is 24.3 Å². The number of ether oxygens (including phenoxy) is 1. The fraction of sp³-hybridized carbons (Fsp3) is 0.562. The molecule has 1 N–H and O–H groups in total. The zero-order chi connectivity index (χ0) is 14.7. The molecule has 1 aromatic carbocycles. The zero-order valence-corrected chi connectivity index (χ0v) is 12.1. The van der Waals surface area contributed by atoms with Crippen LogP contribution in [0.25, 0.3) is 0 Å². The van der Waals surface area contributed by atoms with Gasteiger partial charge in [0.2, 0.25) is 5.91 Å². The van der Waals surface area contributed by atoms with Crippen LogP contribution in [0.3, 0.4) is 0 Å². The highest BCUT2D eigenvalue weighted by atomic mass is 19.1. The topological polar surface area (TPSA) is 41.6 Å². The van der Waals surface area contributed by atoms with E-state index >= 15 is 0 Å². The molecule has 0 radical (unpaired) electrons. The minimum atomic E-state index is -0.244. The molecule has 0 aromatic heterocycles. The Morgan fingerprint density at radius 2 is 2.10 bits per heavy atom. The number of halogens is 1. The van der Waals surface area contributed by atoms with Gasteiger partial charge in [0, 0.05) is 31.6 Å². The third-order valence-electron chi connectivity index (χ3n) is 3.99. The number of carbonyl (C=O) groups excluding carboxylic acids is 1. The number of nitrogens with zero attached hydrogens (tertiary/aromatic N) is 1. The average Bonchev–Trinajstić information content (AvgIpc) is 3.32. The van der Waals surface area contributed by atoms with Crippen LogP contribution >= 0.6 is 0 Å². The Bertz CT molecular complexity index is 482. The second-order valence-electron chi connectivity index (χ2n) is 5.81. The van der Waals surface area contributed by atoms with E-state index in [0.717, 1.165) is 24.9 Å². The molecule has 4 nitrogen and oxygen atoms in total. The molecule has 1 saturated carbocycles. The molecule has 1 unspecified atom stereocenters. The Balaban J connectivity index is 1.60. The highest BCUT2D eigenvalue weighted by molar-refractivity contribution is 5.77. The van der Waals surface area contributed by atoms with Crippen molar-refractivity contribution in [3.8, 4) is 0 Å². The lowest BCUT2D eigenvalue weighted by molar-refractivity contribution is -0.133. The molecular weight excluding hydrogens is 271 g/mol. The number of morpholine rings is 1. The van der Waals surface area contributed by atoms with Crippen molar-refractivity contribution in [2.75, 3.05) is 19.8 Å². The van der Waals surface area contributed by atoms with Crippen molar-refractivity contribution in [1.82, 2.24) is 10.2 Å². The van der Waals surface area contributed by atoms with E-state index in [1.54, 1.807) is 12.1 Å². The first-order chi connectivity index (χ1) is 10.2. The largest absolute Gasteiger partial charge is 0.378 e. The van der Waals surface area contributed by atoms with Gasteiger partial charge in [-0.25, -0.2) is 4.39 Å². The molecule has 2 aliphatic rings. The number of carbonyl (C=O) groups is 1. The predicted molar refractivity (Wildman–Crippen MR) is 77.2 cm³/mol. The van der Waals surface area contributed by atoms with Gasteiger partial charge in [-0.15, -0.1) is 0 Å². The van der Waals surface area contributed by atoms with Crippen molar-refractivity contribution in [3.63, 3.8) is 0 Å². The summed E-state index contributed by atoms with van der Waals surface area (Å²) in [5, 5.41) is 3.31. The summed E-state index contributed by atoms with van der Waals surface area (Å²) in [5.74, 6) is -0.0866. The van der Waals surface area contributed by atoms with E-state index in [2.05, 4.69) is 5.32 Å². The van der Waals surface area contributed by atoms with E-state index in [1.165, 1.54) is 12.1 Å². The standard InChI is InChI=1S/C16H21FN2O2/c17-13-3-1-12(2-4-13)10-19(15-5-6-15)16(20)9-14-11-21-8-7-18-14/h1-4,14-15,18H,5-11H2. The van der Waals surface area contributed by atoms with Gasteiger partial charge in [-0.3, -0.25) is 4.79 Å². The molecule has 0 spiro atoms. The maximum atomic E-state index is 13.0. The van der Waals surface area contributed by atoms with E-state index in [4.69, 9.17) is 4.74 Å². The van der Waals surface area contributed by atoms with Gasteiger partial charge in [-0.1, -0.05) is 12.1 Å². The van der Waals surface area contributed by atoms with Gasteiger partial charge < -0.3 is 15.0 Å². The number of benzene rings is 1. The molecule has 114 valence electrons. The van der Waals surface area contributed by atoms with Crippen LogP contribution < -0.4 is 5.32 Å². The Kier molecular flexibility index (Phi) is 4.51. The summed E-state index contributed by atoms with van der Waals surface area (Å²) in [4.78, 5) is 14.5. The molecule has 1 saturated heterocycles. The van der Waals surface area contributed by atoms with E-state index in [9.17, 15) is 9.18 Å². The summed E-state index contributed by atoms with van der Waals surface area (Å²) in [7, 11) is 0. The van der Waals surface area contributed by atoms with Crippen molar-refractivity contribution < 1.29 is 13.9 Å². The maximum Gasteiger partial charge on any atom is 0.224 e. The van der Waals surface area contributed by atoms with E-state index in [-0.39, 0.29) is 17.8 Å². The highest BCUT2D eigenvalue weighted by Crippen LogP contribution is 2.29. The molecule has 1 aliphatic heterocycles. The molecule has 3 rings (SSSR count). The first kappa shape index (κ1) is 14.5. The van der Waals surface area contributed by atoms with Crippen LogP contribution in [0.4, 0.5) is 4.39 Å². The van der Waals surface area contributed by atoms with E-state index < -0.39 is 0 Å². The van der Waals surface area contributed by atoms with Crippen molar-refractivity contribution in [2.45, 2.75) is 37.9 Å². The SMILES string of the molecule is O=C(CC1COCCN1)N(Cc1ccc(F)cc1)C1CC1. The second-order valence-corrected chi connectivity index (χ2v) is 5.81. The Labute approximate surface area is 124 Å². The summed E-state index contributed by atoms with van der Waals surface area (Å²) < 4.78 is 18.4. The first-order valence-electron chi connectivity index (χ1n) is 7.57. The number of hydrogen-bond donors (Lipinski definition) is 1. The van der Waals surface area contributed by atoms with Crippen LogP contribution in [0.1, 0.15) is 24.8 Å². The summed E-state index contributed by atoms with van der Waals surface area (Å²) in [6, 6.07) is 6.86. The van der Waals surface area contributed by atoms with Crippen LogP contribution in [-0.2, 0) is 16.1 Å². The Morgan fingerprint density at radius 1 is 1.33 bits per heavy atom. The molecule has 2 fully saturated rings. The molecular formula is C16H21FN2O2. The number of hydrogen-bond acceptors (Lipinski definition) is 3. The monoisotopic (exact) mass is 292 g/mol. The van der Waals surface area contributed by atoms with Gasteiger partial charge in [-0.05, 0) is 30.5 Å². The van der Waals surface area contributed by atoms with Crippen LogP contribution in [0, 0.1) is 5.82 Å². The third kappa shape index (κ3) is 4.02. The normalized spacial score (nSPS) is 22.0. The minimum absolute atomic E-state index is 0.112. The molecule has 1 aromatic rings. The van der Waals surface area contributed by atoms with Crippen molar-refractivity contribution >= 4 is 5.91 Å². The van der Waals surface area contributed by atoms with Crippen LogP contribution in [-0.4, -0.2) is 42.6 Å². The summed E-state index contributed by atoms with van der Waals surface area (Å²) in [5.41, 5.74) is 0.976. The average molecular weight is 292 g/mol. The fourth-order valence-electron chi connectivity index (χ4n) is 2.67. The fourth-order valence-corrected chi connectivity index (χ4v) is 2.67. The van der Waals surface area contributed by atoms with Crippen LogP contribution in [0.2, 0.25) is 0 Å². The maximum absolute atomic E-state index is 13.0. The van der Waals surface area contributed by atoms with E-state index in [1.807, 2.05) is 4.90 Å².